The summed E-state index contributed by atoms with van der Waals surface area (Å²) in [5.74, 6) is -0.574. The number of rotatable bonds is 4. The van der Waals surface area contributed by atoms with Gasteiger partial charge in [0.2, 0.25) is 5.91 Å². The number of carbonyl (C=O) groups excluding carboxylic acids is 1. The van der Waals surface area contributed by atoms with Gasteiger partial charge < -0.3 is 14.9 Å². The van der Waals surface area contributed by atoms with Gasteiger partial charge in [0.1, 0.15) is 5.82 Å². The molecule has 41 heavy (non-hydrogen) atoms. The first-order valence-electron chi connectivity index (χ1n) is 12.7. The highest BCUT2D eigenvalue weighted by molar-refractivity contribution is 6.31. The second-order valence-corrected chi connectivity index (χ2v) is 10.4. The summed E-state index contributed by atoms with van der Waals surface area (Å²) >= 11 is 6.06. The lowest BCUT2D eigenvalue weighted by Gasteiger charge is -2.33. The number of halogens is 5. The van der Waals surface area contributed by atoms with Crippen LogP contribution in [0.5, 0.6) is 0 Å². The molecule has 7 rings (SSSR count). The minimum Gasteiger partial charge on any atom is -0.360 e. The van der Waals surface area contributed by atoms with Gasteiger partial charge in [-0.2, -0.15) is 13.2 Å². The molecule has 0 saturated carbocycles. The molecule has 2 atom stereocenters. The first kappa shape index (κ1) is 25.4. The third kappa shape index (κ3) is 4.19. The van der Waals surface area contributed by atoms with Gasteiger partial charge in [0.15, 0.2) is 11.5 Å². The SMILES string of the molecule is O=C1C=C(c2c(-n3cc(C(F)(F)F)nn3)ccc(Cl)c2F)C[C@H]2CC[C@@H](c3ncc(-c4c[nH]c5ccncc45)[nH]3)N12. The first-order valence-corrected chi connectivity index (χ1v) is 13.0. The standard InChI is InChI=1S/C27H19ClF4N8O/c28-17-2-4-20(39-12-22(37-38-39)27(30,31)32)24(25(17)29)13-7-14-1-3-21(40(14)23(41)8-13)26-35-11-19(36-26)16-10-34-18-5-6-33-9-15(16)18/h2,4-6,8-12,14,21,34H,1,3,7H2,(H,35,36)/t14-,21+/m1/s1. The molecule has 14 heteroatoms. The molecule has 2 aliphatic heterocycles. The number of H-pyrrole nitrogens is 2. The van der Waals surface area contributed by atoms with Crippen molar-refractivity contribution in [2.75, 3.05) is 0 Å². The predicted octanol–water partition coefficient (Wildman–Crippen LogP) is 5.86. The number of aromatic nitrogens is 7. The second-order valence-electron chi connectivity index (χ2n) is 9.97. The summed E-state index contributed by atoms with van der Waals surface area (Å²) in [6, 6.07) is 3.86. The van der Waals surface area contributed by atoms with Crippen LogP contribution in [0.25, 0.3) is 33.4 Å². The number of aromatic amines is 2. The zero-order chi connectivity index (χ0) is 28.5. The van der Waals surface area contributed by atoms with Crippen LogP contribution in [0.15, 0.2) is 55.3 Å². The van der Waals surface area contributed by atoms with Gasteiger partial charge >= 0.3 is 6.18 Å². The molecule has 6 heterocycles. The van der Waals surface area contributed by atoms with Gasteiger partial charge in [-0.1, -0.05) is 16.8 Å². The fourth-order valence-corrected chi connectivity index (χ4v) is 5.93. The Kier molecular flexibility index (Phi) is 5.75. The van der Waals surface area contributed by atoms with Crippen LogP contribution in [0.4, 0.5) is 17.6 Å². The fraction of sp³-hybridized carbons (Fsp3) is 0.222. The molecule has 0 unspecified atom stereocenters. The number of hydrogen-bond donors (Lipinski definition) is 2. The van der Waals surface area contributed by atoms with E-state index in [-0.39, 0.29) is 40.7 Å². The van der Waals surface area contributed by atoms with Gasteiger partial charge in [-0.15, -0.1) is 5.10 Å². The number of nitrogens with one attached hydrogen (secondary N) is 2. The molecule has 208 valence electrons. The highest BCUT2D eigenvalue weighted by atomic mass is 35.5. The molecule has 1 aromatic carbocycles. The van der Waals surface area contributed by atoms with Crippen LogP contribution in [0, 0.1) is 5.82 Å². The predicted molar refractivity (Wildman–Crippen MR) is 140 cm³/mol. The molecule has 1 fully saturated rings. The van der Waals surface area contributed by atoms with E-state index in [1.165, 1.54) is 18.2 Å². The molecule has 0 spiro atoms. The number of nitrogens with zero attached hydrogens (tertiary/aromatic N) is 6. The molecule has 1 saturated heterocycles. The summed E-state index contributed by atoms with van der Waals surface area (Å²) < 4.78 is 55.7. The van der Waals surface area contributed by atoms with Crippen molar-refractivity contribution in [2.24, 2.45) is 0 Å². The van der Waals surface area contributed by atoms with Crippen molar-refractivity contribution in [3.05, 3.63) is 83.2 Å². The Morgan fingerprint density at radius 3 is 2.78 bits per heavy atom. The Hall–Kier alpha value is -4.52. The monoisotopic (exact) mass is 582 g/mol. The third-order valence-corrected chi connectivity index (χ3v) is 7.91. The summed E-state index contributed by atoms with van der Waals surface area (Å²) in [5.41, 5.74) is 1.63. The number of hydrogen-bond acceptors (Lipinski definition) is 5. The van der Waals surface area contributed by atoms with E-state index in [1.54, 1.807) is 23.5 Å². The number of benzene rings is 1. The molecule has 0 radical (unpaired) electrons. The topological polar surface area (TPSA) is 108 Å². The highest BCUT2D eigenvalue weighted by Gasteiger charge is 2.42. The quantitative estimate of drug-likeness (QED) is 0.258. The molecular weight excluding hydrogens is 564 g/mol. The van der Waals surface area contributed by atoms with Crippen molar-refractivity contribution in [1.82, 2.24) is 39.8 Å². The average molecular weight is 583 g/mol. The molecule has 9 nitrogen and oxygen atoms in total. The van der Waals surface area contributed by atoms with Crippen LogP contribution in [0.1, 0.15) is 42.4 Å². The Balaban J connectivity index is 1.21. The maximum Gasteiger partial charge on any atom is 0.436 e. The smallest absolute Gasteiger partial charge is 0.360 e. The van der Waals surface area contributed by atoms with Gasteiger partial charge in [-0.25, -0.2) is 14.1 Å². The van der Waals surface area contributed by atoms with E-state index >= 15 is 4.39 Å². The fourth-order valence-electron chi connectivity index (χ4n) is 5.77. The Morgan fingerprint density at radius 2 is 1.98 bits per heavy atom. The zero-order valence-electron chi connectivity index (χ0n) is 21.0. The van der Waals surface area contributed by atoms with Crippen molar-refractivity contribution >= 4 is 34.0 Å². The Labute approximate surface area is 233 Å². The van der Waals surface area contributed by atoms with E-state index in [4.69, 9.17) is 11.6 Å². The number of amides is 1. The largest absolute Gasteiger partial charge is 0.436 e. The van der Waals surface area contributed by atoms with E-state index in [9.17, 15) is 18.0 Å². The molecule has 2 aliphatic rings. The van der Waals surface area contributed by atoms with Crippen molar-refractivity contribution in [2.45, 2.75) is 37.5 Å². The molecule has 2 N–H and O–H groups in total. The lowest BCUT2D eigenvalue weighted by Crippen LogP contribution is -2.39. The van der Waals surface area contributed by atoms with Crippen molar-refractivity contribution < 1.29 is 22.4 Å². The second kappa shape index (κ2) is 9.26. The van der Waals surface area contributed by atoms with Crippen LogP contribution in [-0.2, 0) is 11.0 Å². The maximum absolute atomic E-state index is 15.4. The van der Waals surface area contributed by atoms with Gasteiger partial charge in [0, 0.05) is 52.7 Å². The van der Waals surface area contributed by atoms with E-state index < -0.39 is 17.7 Å². The lowest BCUT2D eigenvalue weighted by molar-refractivity contribution is -0.141. The minimum atomic E-state index is -4.72. The first-order chi connectivity index (χ1) is 19.7. The highest BCUT2D eigenvalue weighted by Crippen LogP contribution is 2.44. The molecule has 0 bridgehead atoms. The maximum atomic E-state index is 15.4. The number of alkyl halides is 3. The van der Waals surface area contributed by atoms with Crippen molar-refractivity contribution in [3.63, 3.8) is 0 Å². The summed E-state index contributed by atoms with van der Waals surface area (Å²) in [6.45, 7) is 0. The van der Waals surface area contributed by atoms with Crippen LogP contribution in [0.2, 0.25) is 5.02 Å². The van der Waals surface area contributed by atoms with Gasteiger partial charge in [0.25, 0.3) is 0 Å². The number of imidazole rings is 1. The van der Waals surface area contributed by atoms with Gasteiger partial charge in [0.05, 0.1) is 34.8 Å². The molecule has 0 aliphatic carbocycles. The summed E-state index contributed by atoms with van der Waals surface area (Å²) in [6.07, 6.45) is 5.84. The van der Waals surface area contributed by atoms with Crippen LogP contribution < -0.4 is 0 Å². The molecular formula is C27H19ClF4N8O. The minimum absolute atomic E-state index is 0.000780. The molecule has 4 aromatic heterocycles. The summed E-state index contributed by atoms with van der Waals surface area (Å²) in [7, 11) is 0. The van der Waals surface area contributed by atoms with Crippen molar-refractivity contribution in [3.8, 4) is 16.9 Å². The van der Waals surface area contributed by atoms with E-state index in [2.05, 4.69) is 30.2 Å². The number of fused-ring (bicyclic) bond motifs is 2. The molecule has 5 aromatic rings. The van der Waals surface area contributed by atoms with Crippen LogP contribution in [-0.4, -0.2) is 51.8 Å². The lowest BCUT2D eigenvalue weighted by atomic mass is 9.92. The van der Waals surface area contributed by atoms with Gasteiger partial charge in [-0.05, 0) is 43.0 Å². The van der Waals surface area contributed by atoms with E-state index in [0.29, 0.717) is 30.4 Å². The van der Waals surface area contributed by atoms with E-state index in [0.717, 1.165) is 26.8 Å². The van der Waals surface area contributed by atoms with Gasteiger partial charge in [-0.3, -0.25) is 9.78 Å². The Bertz CT molecular complexity index is 1860. The molecule has 1 amide bonds. The zero-order valence-corrected chi connectivity index (χ0v) is 21.7. The number of carbonyl (C=O) groups is 1. The third-order valence-electron chi connectivity index (χ3n) is 7.62. The van der Waals surface area contributed by atoms with Crippen LogP contribution in [0.3, 0.4) is 0 Å². The summed E-state index contributed by atoms with van der Waals surface area (Å²) in [5, 5.41) is 7.43. The van der Waals surface area contributed by atoms with E-state index in [1.807, 2.05) is 12.3 Å². The summed E-state index contributed by atoms with van der Waals surface area (Å²) in [4.78, 5) is 30.5. The Morgan fingerprint density at radius 1 is 1.12 bits per heavy atom. The van der Waals surface area contributed by atoms with Crippen LogP contribution >= 0.6 is 11.6 Å². The van der Waals surface area contributed by atoms with Crippen molar-refractivity contribution in [1.29, 1.82) is 0 Å². The number of pyridine rings is 1. The average Bonchev–Trinajstić information content (AvgIpc) is 3.74. The normalized spacial score (nSPS) is 19.2.